The van der Waals surface area contributed by atoms with Crippen molar-refractivity contribution in [3.8, 4) is 0 Å². The molecule has 9 heteroatoms. The normalized spacial score (nSPS) is 27.6. The monoisotopic (exact) mass is 376 g/mol. The van der Waals surface area contributed by atoms with Crippen LogP contribution >= 0.6 is 22.2 Å². The van der Waals surface area contributed by atoms with Crippen molar-refractivity contribution in [1.29, 1.82) is 0 Å². The van der Waals surface area contributed by atoms with E-state index in [1.165, 1.54) is 6.07 Å². The molecule has 0 saturated carbocycles. The second kappa shape index (κ2) is 5.79. The molecular formula is C14H21F5N2S2. The maximum atomic E-state index is 12.8. The smallest absolute Gasteiger partial charge is 0.310 e. The Morgan fingerprint density at radius 3 is 2.13 bits per heavy atom. The van der Waals surface area contributed by atoms with E-state index in [2.05, 4.69) is 5.32 Å². The maximum Gasteiger partial charge on any atom is 0.310 e. The molecule has 134 valence electrons. The van der Waals surface area contributed by atoms with Crippen LogP contribution in [0.4, 0.5) is 19.4 Å². The summed E-state index contributed by atoms with van der Waals surface area (Å²) in [6.45, 7) is 7.35. The number of hydrogen-bond donors (Lipinski definition) is 1. The first-order valence-corrected chi connectivity index (χ1v) is 10.2. The van der Waals surface area contributed by atoms with E-state index in [1.807, 2.05) is 18.2 Å². The van der Waals surface area contributed by atoms with Gasteiger partial charge < -0.3 is 5.32 Å². The van der Waals surface area contributed by atoms with Crippen LogP contribution in [0.1, 0.15) is 13.8 Å². The molecule has 0 bridgehead atoms. The Morgan fingerprint density at radius 2 is 1.61 bits per heavy atom. The summed E-state index contributed by atoms with van der Waals surface area (Å²) in [4.78, 5) is -1.62. The van der Waals surface area contributed by atoms with Crippen molar-refractivity contribution >= 4 is 22.2 Å². The van der Waals surface area contributed by atoms with Gasteiger partial charge in [-0.3, -0.25) is 0 Å². The zero-order valence-corrected chi connectivity index (χ0v) is 14.6. The van der Waals surface area contributed by atoms with Crippen molar-refractivity contribution < 1.29 is 19.4 Å². The minimum absolute atomic E-state index is 0.202. The van der Waals surface area contributed by atoms with Crippen molar-refractivity contribution in [3.63, 3.8) is 0 Å². The van der Waals surface area contributed by atoms with Gasteiger partial charge in [0.05, 0.1) is 0 Å². The number of hydrogen-bond acceptors (Lipinski definition) is 3. The highest BCUT2D eigenvalue weighted by atomic mass is 32.5. The molecule has 2 aliphatic rings. The first kappa shape index (κ1) is 18.8. The molecule has 0 aromatic heterocycles. The molecule has 0 radical (unpaired) electrons. The molecule has 2 aliphatic heterocycles. The van der Waals surface area contributed by atoms with Crippen LogP contribution in [0.15, 0.2) is 34.1 Å². The Kier molecular flexibility index (Phi) is 4.73. The van der Waals surface area contributed by atoms with Gasteiger partial charge in [-0.25, -0.2) is 4.31 Å². The summed E-state index contributed by atoms with van der Waals surface area (Å²) in [6.07, 6.45) is 0. The molecule has 1 aromatic carbocycles. The number of nitrogens with zero attached hydrogens (tertiary/aromatic N) is 1. The summed E-state index contributed by atoms with van der Waals surface area (Å²) in [5.41, 5.74) is 0. The topological polar surface area (TPSA) is 15.3 Å². The summed E-state index contributed by atoms with van der Waals surface area (Å²) in [7, 11) is -9.59. The molecule has 1 N–H and O–H groups in total. The second-order valence-corrected chi connectivity index (χ2v) is 9.14. The van der Waals surface area contributed by atoms with Gasteiger partial charge in [0.15, 0.2) is 0 Å². The largest absolute Gasteiger partial charge is 0.316 e. The summed E-state index contributed by atoms with van der Waals surface area (Å²) in [6, 6.07) is 3.46. The molecule has 2 atom stereocenters. The summed E-state index contributed by atoms with van der Waals surface area (Å²) in [5.74, 6) is 0.993. The van der Waals surface area contributed by atoms with Gasteiger partial charge in [0, 0.05) is 18.0 Å². The van der Waals surface area contributed by atoms with Crippen LogP contribution in [0.2, 0.25) is 0 Å². The third-order valence-corrected chi connectivity index (χ3v) is 6.01. The van der Waals surface area contributed by atoms with Crippen molar-refractivity contribution in [1.82, 2.24) is 9.62 Å². The molecule has 1 aromatic rings. The van der Waals surface area contributed by atoms with Crippen LogP contribution in [0.25, 0.3) is 0 Å². The fraction of sp³-hybridized carbons (Fsp3) is 0.571. The fourth-order valence-electron chi connectivity index (χ4n) is 2.81. The van der Waals surface area contributed by atoms with E-state index in [-0.39, 0.29) is 4.90 Å². The number of fused-ring (bicyclic) bond motifs is 1. The van der Waals surface area contributed by atoms with Gasteiger partial charge in [0.25, 0.3) is 0 Å². The Bertz CT molecular complexity index is 551. The van der Waals surface area contributed by atoms with Gasteiger partial charge in [-0.1, -0.05) is 39.3 Å². The first-order valence-electron chi connectivity index (χ1n) is 7.49. The molecule has 2 fully saturated rings. The van der Waals surface area contributed by atoms with Gasteiger partial charge in [0.1, 0.15) is 4.90 Å². The van der Waals surface area contributed by atoms with Gasteiger partial charge in [-0.05, 0) is 55.1 Å². The Labute approximate surface area is 137 Å². The Balaban J connectivity index is 0.000000924. The highest BCUT2D eigenvalue weighted by molar-refractivity contribution is 8.45. The minimum atomic E-state index is -9.59. The predicted octanol–water partition coefficient (Wildman–Crippen LogP) is 5.53. The molecule has 23 heavy (non-hydrogen) atoms. The molecule has 0 spiro atoms. The zero-order chi connectivity index (χ0) is 17.4. The van der Waals surface area contributed by atoms with E-state index in [4.69, 9.17) is 0 Å². The first-order chi connectivity index (χ1) is 10.5. The highest BCUT2D eigenvalue weighted by Crippen LogP contribution is 3.02. The van der Waals surface area contributed by atoms with Crippen LogP contribution in [0, 0.1) is 11.8 Å². The van der Waals surface area contributed by atoms with Crippen LogP contribution in [-0.4, -0.2) is 30.5 Å². The van der Waals surface area contributed by atoms with Crippen molar-refractivity contribution in [2.24, 2.45) is 11.8 Å². The van der Waals surface area contributed by atoms with E-state index in [0.29, 0.717) is 24.0 Å². The van der Waals surface area contributed by atoms with Crippen molar-refractivity contribution in [3.05, 3.63) is 24.3 Å². The van der Waals surface area contributed by atoms with Gasteiger partial charge >= 0.3 is 10.2 Å². The van der Waals surface area contributed by atoms with Crippen LogP contribution in [0.5, 0.6) is 0 Å². The third kappa shape index (κ3) is 4.74. The van der Waals surface area contributed by atoms with Crippen molar-refractivity contribution in [2.75, 3.05) is 26.2 Å². The van der Waals surface area contributed by atoms with Crippen LogP contribution in [-0.2, 0) is 0 Å². The van der Waals surface area contributed by atoms with Crippen molar-refractivity contribution in [2.45, 2.75) is 23.6 Å². The van der Waals surface area contributed by atoms with E-state index < -0.39 is 15.1 Å². The average Bonchev–Trinajstić information content (AvgIpc) is 3.00. The lowest BCUT2D eigenvalue weighted by Gasteiger charge is -2.40. The summed E-state index contributed by atoms with van der Waals surface area (Å²) < 4.78 is 65.9. The fourth-order valence-corrected chi connectivity index (χ4v) is 4.72. The third-order valence-electron chi connectivity index (χ3n) is 3.84. The maximum absolute atomic E-state index is 12.8. The lowest BCUT2D eigenvalue weighted by Crippen LogP contribution is -2.20. The van der Waals surface area contributed by atoms with E-state index in [9.17, 15) is 19.4 Å². The van der Waals surface area contributed by atoms with Crippen LogP contribution < -0.4 is 5.32 Å². The number of benzene rings is 1. The Morgan fingerprint density at radius 1 is 1.04 bits per heavy atom. The van der Waals surface area contributed by atoms with Gasteiger partial charge in [-0.15, -0.1) is 0 Å². The SMILES string of the molecule is CC.FS(F)(F)(F)(F)c1cccc(SN2CC3CNCC3C2)c1. The molecule has 3 rings (SSSR count). The molecule has 2 nitrogen and oxygen atoms in total. The van der Waals surface area contributed by atoms with Crippen LogP contribution in [0.3, 0.4) is 0 Å². The van der Waals surface area contributed by atoms with Gasteiger partial charge in [-0.2, -0.15) is 0 Å². The predicted molar refractivity (Wildman–Crippen MR) is 86.5 cm³/mol. The van der Waals surface area contributed by atoms with E-state index in [1.54, 1.807) is 0 Å². The van der Waals surface area contributed by atoms with Gasteiger partial charge in [0.2, 0.25) is 0 Å². The molecule has 0 amide bonds. The average molecular weight is 376 g/mol. The number of rotatable bonds is 3. The highest BCUT2D eigenvalue weighted by Gasteiger charge is 2.65. The summed E-state index contributed by atoms with van der Waals surface area (Å²) >= 11 is 1.13. The second-order valence-electron chi connectivity index (χ2n) is 5.56. The molecule has 2 unspecified atom stereocenters. The standard InChI is InChI=1S/C12H15F5N2S2.C2H6/c13-21(14,15,16,17)12-3-1-2-11(4-12)20-19-7-9-5-18-6-10(9)8-19;1-2/h1-4,9-10,18H,5-8H2;1-2H3. The molecular weight excluding hydrogens is 355 g/mol. The van der Waals surface area contributed by atoms with E-state index >= 15 is 0 Å². The number of halogens is 5. The lowest BCUT2D eigenvalue weighted by atomic mass is 10.0. The van der Waals surface area contributed by atoms with E-state index in [0.717, 1.165) is 44.2 Å². The Hall–Kier alpha value is -0.510. The lowest BCUT2D eigenvalue weighted by molar-refractivity contribution is 0.363. The molecule has 2 heterocycles. The molecule has 0 aliphatic carbocycles. The zero-order valence-electron chi connectivity index (χ0n) is 12.9. The molecule has 2 saturated heterocycles. The number of nitrogens with one attached hydrogen (secondary N) is 1. The summed E-state index contributed by atoms with van der Waals surface area (Å²) in [5, 5.41) is 3.27. The minimum Gasteiger partial charge on any atom is -0.316 e. The quantitative estimate of drug-likeness (QED) is 0.552.